The number of anilines is 1. The van der Waals surface area contributed by atoms with Crippen molar-refractivity contribution >= 4 is 28.2 Å². The van der Waals surface area contributed by atoms with Gasteiger partial charge in [-0.05, 0) is 36.2 Å². The van der Waals surface area contributed by atoms with Crippen LogP contribution in [0.2, 0.25) is 0 Å². The third-order valence-corrected chi connectivity index (χ3v) is 5.08. The van der Waals surface area contributed by atoms with Gasteiger partial charge in [-0.15, -0.1) is 11.3 Å². The van der Waals surface area contributed by atoms with Crippen LogP contribution in [0.1, 0.15) is 41.6 Å². The molecule has 6 nitrogen and oxygen atoms in total. The molecule has 1 aliphatic heterocycles. The number of hydrogen-bond donors (Lipinski definition) is 2. The first-order chi connectivity index (χ1) is 12.2. The molecule has 0 saturated carbocycles. The second-order valence-electron chi connectivity index (χ2n) is 7.20. The molecule has 0 fully saturated rings. The molecule has 2 N–H and O–H groups in total. The van der Waals surface area contributed by atoms with E-state index in [2.05, 4.69) is 10.6 Å². The number of ether oxygens (including phenoxy) is 2. The highest BCUT2D eigenvalue weighted by atomic mass is 32.1. The van der Waals surface area contributed by atoms with Gasteiger partial charge >= 0.3 is 0 Å². The summed E-state index contributed by atoms with van der Waals surface area (Å²) in [5, 5.41) is 6.45. The lowest BCUT2D eigenvalue weighted by Gasteiger charge is -2.16. The van der Waals surface area contributed by atoms with Crippen LogP contribution in [0.15, 0.2) is 24.3 Å². The molecule has 0 spiro atoms. The van der Waals surface area contributed by atoms with E-state index in [9.17, 15) is 9.59 Å². The van der Waals surface area contributed by atoms with Crippen molar-refractivity contribution in [2.75, 3.05) is 12.1 Å². The molecule has 0 unspecified atom stereocenters. The van der Waals surface area contributed by atoms with Crippen molar-refractivity contribution < 1.29 is 19.1 Å². The number of amides is 2. The Morgan fingerprint density at radius 1 is 1.15 bits per heavy atom. The van der Waals surface area contributed by atoms with Gasteiger partial charge in [0.05, 0.1) is 9.88 Å². The maximum absolute atomic E-state index is 12.5. The standard InChI is InChI=1S/C19H22N2O4S/c1-11-7-15(21-18(23)19(2,3)4)26-16(11)17(22)20-9-12-5-6-13-14(8-12)25-10-24-13/h5-8H,9-10H2,1-4H3,(H,20,22)(H,21,23). The van der Waals surface area contributed by atoms with Crippen LogP contribution in [0, 0.1) is 12.3 Å². The monoisotopic (exact) mass is 374 g/mol. The minimum Gasteiger partial charge on any atom is -0.454 e. The van der Waals surface area contributed by atoms with E-state index in [4.69, 9.17) is 9.47 Å². The molecule has 0 atom stereocenters. The molecule has 1 aromatic heterocycles. The second kappa shape index (κ2) is 6.99. The molecule has 0 aliphatic carbocycles. The molecule has 3 rings (SSSR count). The summed E-state index contributed by atoms with van der Waals surface area (Å²) in [6, 6.07) is 7.41. The third-order valence-electron chi connectivity index (χ3n) is 3.93. The van der Waals surface area contributed by atoms with E-state index >= 15 is 0 Å². The van der Waals surface area contributed by atoms with Crippen molar-refractivity contribution in [2.45, 2.75) is 34.2 Å². The SMILES string of the molecule is Cc1cc(NC(=O)C(C)(C)C)sc1C(=O)NCc1ccc2c(c1)OCO2. The average molecular weight is 374 g/mol. The van der Waals surface area contributed by atoms with Crippen LogP contribution in [0.5, 0.6) is 11.5 Å². The number of carbonyl (C=O) groups excluding carboxylic acids is 2. The average Bonchev–Trinajstić information content (AvgIpc) is 3.17. The van der Waals surface area contributed by atoms with Gasteiger partial charge in [-0.3, -0.25) is 9.59 Å². The summed E-state index contributed by atoms with van der Waals surface area (Å²) in [6.45, 7) is 8.02. The van der Waals surface area contributed by atoms with Crippen LogP contribution < -0.4 is 20.1 Å². The molecular formula is C19H22N2O4S. The van der Waals surface area contributed by atoms with E-state index < -0.39 is 5.41 Å². The Morgan fingerprint density at radius 2 is 1.88 bits per heavy atom. The van der Waals surface area contributed by atoms with Gasteiger partial charge in [-0.1, -0.05) is 26.8 Å². The zero-order valence-electron chi connectivity index (χ0n) is 15.3. The second-order valence-corrected chi connectivity index (χ2v) is 8.25. The molecule has 0 radical (unpaired) electrons. The normalized spacial score (nSPS) is 12.8. The van der Waals surface area contributed by atoms with Crippen molar-refractivity contribution in [2.24, 2.45) is 5.41 Å². The van der Waals surface area contributed by atoms with E-state index in [1.807, 2.05) is 52.0 Å². The predicted molar refractivity (Wildman–Crippen MR) is 101 cm³/mol. The minimum atomic E-state index is -0.486. The lowest BCUT2D eigenvalue weighted by Crippen LogP contribution is -2.27. The van der Waals surface area contributed by atoms with Crippen molar-refractivity contribution in [3.8, 4) is 11.5 Å². The molecule has 1 aliphatic rings. The molecule has 2 amide bonds. The summed E-state index contributed by atoms with van der Waals surface area (Å²) < 4.78 is 10.6. The van der Waals surface area contributed by atoms with Crippen LogP contribution in [0.25, 0.3) is 0 Å². The lowest BCUT2D eigenvalue weighted by molar-refractivity contribution is -0.123. The fourth-order valence-corrected chi connectivity index (χ4v) is 3.37. The topological polar surface area (TPSA) is 76.7 Å². The van der Waals surface area contributed by atoms with E-state index in [1.165, 1.54) is 11.3 Å². The number of hydrogen-bond acceptors (Lipinski definition) is 5. The number of fused-ring (bicyclic) bond motifs is 1. The van der Waals surface area contributed by atoms with Crippen LogP contribution >= 0.6 is 11.3 Å². The number of thiophene rings is 1. The van der Waals surface area contributed by atoms with E-state index in [-0.39, 0.29) is 18.6 Å². The molecular weight excluding hydrogens is 352 g/mol. The first-order valence-corrected chi connectivity index (χ1v) is 9.14. The summed E-state index contributed by atoms with van der Waals surface area (Å²) in [5.74, 6) is 1.16. The highest BCUT2D eigenvalue weighted by molar-refractivity contribution is 7.18. The Kier molecular flexibility index (Phi) is 4.91. The van der Waals surface area contributed by atoms with Crippen molar-refractivity contribution in [3.63, 3.8) is 0 Å². The Bertz CT molecular complexity index is 852. The highest BCUT2D eigenvalue weighted by Gasteiger charge is 2.23. The number of benzene rings is 1. The quantitative estimate of drug-likeness (QED) is 0.855. The van der Waals surface area contributed by atoms with E-state index in [1.54, 1.807) is 0 Å². The van der Waals surface area contributed by atoms with Gasteiger partial charge in [0.15, 0.2) is 11.5 Å². The van der Waals surface area contributed by atoms with Gasteiger partial charge in [0, 0.05) is 12.0 Å². The van der Waals surface area contributed by atoms with Gasteiger partial charge in [-0.2, -0.15) is 0 Å². The predicted octanol–water partition coefficient (Wildman–Crippen LogP) is 3.70. The first kappa shape index (κ1) is 18.3. The molecule has 7 heteroatoms. The molecule has 0 saturated heterocycles. The zero-order valence-corrected chi connectivity index (χ0v) is 16.1. The van der Waals surface area contributed by atoms with Crippen LogP contribution in [-0.4, -0.2) is 18.6 Å². The Labute approximate surface area is 156 Å². The molecule has 2 heterocycles. The van der Waals surface area contributed by atoms with Gasteiger partial charge in [0.1, 0.15) is 0 Å². The summed E-state index contributed by atoms with van der Waals surface area (Å²) in [4.78, 5) is 25.2. The largest absolute Gasteiger partial charge is 0.454 e. The van der Waals surface area contributed by atoms with Gasteiger partial charge < -0.3 is 20.1 Å². The third kappa shape index (κ3) is 3.99. The van der Waals surface area contributed by atoms with Crippen LogP contribution in [0.4, 0.5) is 5.00 Å². The summed E-state index contributed by atoms with van der Waals surface area (Å²) >= 11 is 1.28. The Hall–Kier alpha value is -2.54. The highest BCUT2D eigenvalue weighted by Crippen LogP contribution is 2.32. The maximum Gasteiger partial charge on any atom is 0.261 e. The van der Waals surface area contributed by atoms with Gasteiger partial charge in [0.25, 0.3) is 5.91 Å². The number of nitrogens with one attached hydrogen (secondary N) is 2. The fraction of sp³-hybridized carbons (Fsp3) is 0.368. The van der Waals surface area contributed by atoms with Gasteiger partial charge in [0.2, 0.25) is 12.7 Å². The Morgan fingerprint density at radius 3 is 2.62 bits per heavy atom. The van der Waals surface area contributed by atoms with Crippen LogP contribution in [0.3, 0.4) is 0 Å². The van der Waals surface area contributed by atoms with Gasteiger partial charge in [-0.25, -0.2) is 0 Å². The minimum absolute atomic E-state index is 0.0777. The van der Waals surface area contributed by atoms with Crippen LogP contribution in [-0.2, 0) is 11.3 Å². The summed E-state index contributed by atoms with van der Waals surface area (Å²) in [7, 11) is 0. The molecule has 26 heavy (non-hydrogen) atoms. The number of rotatable bonds is 4. The van der Waals surface area contributed by atoms with Crippen molar-refractivity contribution in [1.82, 2.24) is 5.32 Å². The Balaban J connectivity index is 1.64. The van der Waals surface area contributed by atoms with Crippen molar-refractivity contribution in [3.05, 3.63) is 40.3 Å². The molecule has 0 bridgehead atoms. The summed E-state index contributed by atoms with van der Waals surface area (Å²) in [5.41, 5.74) is 1.28. The van der Waals surface area contributed by atoms with E-state index in [0.29, 0.717) is 27.9 Å². The summed E-state index contributed by atoms with van der Waals surface area (Å²) in [6.07, 6.45) is 0. The number of carbonyl (C=O) groups is 2. The molecule has 2 aromatic rings. The van der Waals surface area contributed by atoms with Crippen molar-refractivity contribution in [1.29, 1.82) is 0 Å². The smallest absolute Gasteiger partial charge is 0.261 e. The molecule has 1 aromatic carbocycles. The van der Waals surface area contributed by atoms with E-state index in [0.717, 1.165) is 11.1 Å². The zero-order chi connectivity index (χ0) is 18.9. The fourth-order valence-electron chi connectivity index (χ4n) is 2.38. The number of aryl methyl sites for hydroxylation is 1. The maximum atomic E-state index is 12.5. The first-order valence-electron chi connectivity index (χ1n) is 8.32. The molecule has 138 valence electrons. The lowest BCUT2D eigenvalue weighted by atomic mass is 9.96.